The zero-order valence-corrected chi connectivity index (χ0v) is 26.2. The lowest BCUT2D eigenvalue weighted by Crippen LogP contribution is -2.58. The van der Waals surface area contributed by atoms with Crippen LogP contribution in [-0.2, 0) is 0 Å². The molecule has 1 aromatic heterocycles. The van der Waals surface area contributed by atoms with E-state index in [0.29, 0.717) is 0 Å². The lowest BCUT2D eigenvalue weighted by Gasteiger charge is -2.33. The van der Waals surface area contributed by atoms with Crippen molar-refractivity contribution in [3.05, 3.63) is 157 Å². The second-order valence-electron chi connectivity index (χ2n) is 12.5. The molecule has 46 heavy (non-hydrogen) atoms. The van der Waals surface area contributed by atoms with Gasteiger partial charge >= 0.3 is 0 Å². The Balaban J connectivity index is 1.16. The molecule has 0 saturated heterocycles. The zero-order chi connectivity index (χ0) is 30.4. The predicted octanol–water partition coefficient (Wildman–Crippen LogP) is 9.39. The van der Waals surface area contributed by atoms with Crippen LogP contribution in [0.25, 0.3) is 60.9 Å². The first kappa shape index (κ1) is 26.0. The Morgan fingerprint density at radius 1 is 0.522 bits per heavy atom. The molecule has 10 rings (SSSR count). The Kier molecular flexibility index (Phi) is 5.59. The van der Waals surface area contributed by atoms with Crippen LogP contribution >= 0.6 is 11.8 Å². The van der Waals surface area contributed by atoms with E-state index in [2.05, 4.69) is 163 Å². The maximum Gasteiger partial charge on any atom is 0.249 e. The van der Waals surface area contributed by atoms with E-state index in [4.69, 9.17) is 0 Å². The monoisotopic (exact) mass is 601 g/mol. The van der Waals surface area contributed by atoms with Gasteiger partial charge in [-0.1, -0.05) is 151 Å². The van der Waals surface area contributed by atoms with Crippen molar-refractivity contribution in [3.8, 4) is 39.2 Å². The van der Waals surface area contributed by atoms with Crippen molar-refractivity contribution < 1.29 is 0 Å². The molecule has 1 nitrogen and oxygen atoms in total. The topological polar surface area (TPSA) is 4.93 Å². The maximum atomic E-state index is 2.57. The Morgan fingerprint density at radius 3 is 2.09 bits per heavy atom. The fraction of sp³-hybridized carbons (Fsp3) is 0.0233. The van der Waals surface area contributed by atoms with Crippen LogP contribution < -0.4 is 16.4 Å². The summed E-state index contributed by atoms with van der Waals surface area (Å²) in [5.41, 5.74) is 15.8. The van der Waals surface area contributed by atoms with Crippen molar-refractivity contribution >= 4 is 56.5 Å². The van der Waals surface area contributed by atoms with Crippen LogP contribution in [0.3, 0.4) is 0 Å². The van der Waals surface area contributed by atoms with Gasteiger partial charge in [0.15, 0.2) is 0 Å². The number of benzene rings is 7. The van der Waals surface area contributed by atoms with Gasteiger partial charge in [-0.05, 0) is 74.6 Å². The van der Waals surface area contributed by atoms with Gasteiger partial charge < -0.3 is 4.57 Å². The molecule has 0 saturated carbocycles. The Morgan fingerprint density at radius 2 is 1.22 bits per heavy atom. The van der Waals surface area contributed by atoms with E-state index in [-0.39, 0.29) is 6.71 Å². The highest BCUT2D eigenvalue weighted by Gasteiger charge is 2.40. The normalized spacial score (nSPS) is 12.8. The van der Waals surface area contributed by atoms with Crippen LogP contribution in [0.15, 0.2) is 161 Å². The highest BCUT2D eigenvalue weighted by Crippen LogP contribution is 2.43. The molecule has 3 heteroatoms. The Labute approximate surface area is 273 Å². The number of rotatable bonds is 3. The minimum absolute atomic E-state index is 0.197. The number of hydrogen-bond donors (Lipinski definition) is 0. The van der Waals surface area contributed by atoms with Crippen LogP contribution in [-0.4, -0.2) is 11.3 Å². The van der Waals surface area contributed by atoms with Gasteiger partial charge in [0, 0.05) is 26.4 Å². The van der Waals surface area contributed by atoms with E-state index in [9.17, 15) is 0 Å². The average molecular weight is 602 g/mol. The molecule has 0 N–H and O–H groups in total. The lowest BCUT2D eigenvalue weighted by molar-refractivity contribution is 1.13. The first-order valence-electron chi connectivity index (χ1n) is 16.0. The first-order valence-corrected chi connectivity index (χ1v) is 16.8. The summed E-state index contributed by atoms with van der Waals surface area (Å²) < 4.78 is 2.57. The molecule has 0 aliphatic carbocycles. The number of aryl methyl sites for hydroxylation is 1. The molecule has 7 aromatic carbocycles. The van der Waals surface area contributed by atoms with Crippen molar-refractivity contribution in [1.29, 1.82) is 0 Å². The van der Waals surface area contributed by atoms with Crippen LogP contribution in [0.2, 0.25) is 0 Å². The molecule has 0 spiro atoms. The van der Waals surface area contributed by atoms with Gasteiger partial charge in [0.2, 0.25) is 6.71 Å². The number of aromatic nitrogens is 1. The quantitative estimate of drug-likeness (QED) is 0.183. The van der Waals surface area contributed by atoms with Crippen molar-refractivity contribution in [1.82, 2.24) is 4.57 Å². The molecule has 2 aliphatic rings. The van der Waals surface area contributed by atoms with Gasteiger partial charge in [-0.25, -0.2) is 0 Å². The summed E-state index contributed by atoms with van der Waals surface area (Å²) in [6.07, 6.45) is 0. The third-order valence-corrected chi connectivity index (χ3v) is 11.2. The summed E-state index contributed by atoms with van der Waals surface area (Å²) in [7, 11) is 0. The van der Waals surface area contributed by atoms with Gasteiger partial charge in [0.1, 0.15) is 0 Å². The van der Waals surface area contributed by atoms with Crippen molar-refractivity contribution in [2.45, 2.75) is 16.7 Å². The van der Waals surface area contributed by atoms with Crippen LogP contribution in [0.5, 0.6) is 0 Å². The van der Waals surface area contributed by atoms with Crippen molar-refractivity contribution in [2.75, 3.05) is 0 Å². The minimum atomic E-state index is 0.197. The second-order valence-corrected chi connectivity index (χ2v) is 13.6. The molecule has 8 aromatic rings. The summed E-state index contributed by atoms with van der Waals surface area (Å²) in [6, 6.07) is 56.0. The number of nitrogens with zero attached hydrogens (tertiary/aromatic N) is 1. The van der Waals surface area contributed by atoms with Gasteiger partial charge in [-0.2, -0.15) is 0 Å². The average Bonchev–Trinajstić information content (AvgIpc) is 3.42. The van der Waals surface area contributed by atoms with E-state index in [1.54, 1.807) is 0 Å². The van der Waals surface area contributed by atoms with Crippen molar-refractivity contribution in [3.63, 3.8) is 0 Å². The lowest BCUT2D eigenvalue weighted by atomic mass is 9.35. The Bertz CT molecular complexity index is 2500. The standard InChI is InChI=1S/C43H28BNS/c1-27-33-23-25-39-41-43(33)45(42(27)35-15-9-13-31-12-5-6-14-34(31)35)38-17-8-7-16-36(38)44(41)37-24-22-32(26-40(37)46-39)30-20-18-29(19-21-30)28-10-3-2-4-11-28/h2-26H,1H3. The Hall–Kier alpha value is -5.25. The van der Waals surface area contributed by atoms with Crippen LogP contribution in [0, 0.1) is 6.92 Å². The molecule has 0 unspecified atom stereocenters. The first-order chi connectivity index (χ1) is 22.7. The molecular formula is C43H28BNS. The number of hydrogen-bond acceptors (Lipinski definition) is 1. The van der Waals surface area contributed by atoms with Crippen molar-refractivity contribution in [2.24, 2.45) is 0 Å². The van der Waals surface area contributed by atoms with E-state index >= 15 is 0 Å². The number of para-hydroxylation sites is 1. The third-order valence-electron chi connectivity index (χ3n) is 10.1. The zero-order valence-electron chi connectivity index (χ0n) is 25.4. The smallest absolute Gasteiger partial charge is 0.249 e. The van der Waals surface area contributed by atoms with E-state index in [0.717, 1.165) is 0 Å². The second kappa shape index (κ2) is 9.88. The van der Waals surface area contributed by atoms with E-state index in [1.807, 2.05) is 11.8 Å². The molecular weight excluding hydrogens is 573 g/mol. The van der Waals surface area contributed by atoms with Gasteiger partial charge in [0.05, 0.1) is 11.2 Å². The largest absolute Gasteiger partial charge is 0.310 e. The third kappa shape index (κ3) is 3.67. The van der Waals surface area contributed by atoms with Crippen LogP contribution in [0.1, 0.15) is 5.56 Å². The molecule has 3 heterocycles. The fourth-order valence-corrected chi connectivity index (χ4v) is 9.15. The SMILES string of the molecule is Cc1c(-c2cccc3ccccc23)n2c3c4c(ccc13)Sc1cc(-c3ccc(-c5ccccc5)cc3)ccc1B4c1ccccc1-2. The molecule has 0 bridgehead atoms. The van der Waals surface area contributed by atoms with Gasteiger partial charge in [0.25, 0.3) is 0 Å². The van der Waals surface area contributed by atoms with E-state index < -0.39 is 0 Å². The number of fused-ring (bicyclic) bond motifs is 6. The van der Waals surface area contributed by atoms with Gasteiger partial charge in [-0.3, -0.25) is 0 Å². The summed E-state index contributed by atoms with van der Waals surface area (Å²) in [5.74, 6) is 0. The van der Waals surface area contributed by atoms with Crippen LogP contribution in [0.4, 0.5) is 0 Å². The highest BCUT2D eigenvalue weighted by molar-refractivity contribution is 8.00. The molecule has 214 valence electrons. The summed E-state index contributed by atoms with van der Waals surface area (Å²) in [6.45, 7) is 2.51. The molecule has 0 radical (unpaired) electrons. The summed E-state index contributed by atoms with van der Waals surface area (Å²) in [4.78, 5) is 2.71. The maximum absolute atomic E-state index is 2.57. The molecule has 0 fully saturated rings. The predicted molar refractivity (Wildman–Crippen MR) is 197 cm³/mol. The van der Waals surface area contributed by atoms with Gasteiger partial charge in [-0.15, -0.1) is 0 Å². The fourth-order valence-electron chi connectivity index (χ4n) is 7.96. The summed E-state index contributed by atoms with van der Waals surface area (Å²) in [5, 5.41) is 3.92. The highest BCUT2D eigenvalue weighted by atomic mass is 32.2. The summed E-state index contributed by atoms with van der Waals surface area (Å²) >= 11 is 1.93. The molecule has 0 amide bonds. The molecule has 2 aliphatic heterocycles. The minimum Gasteiger partial charge on any atom is -0.310 e. The van der Waals surface area contributed by atoms with E-state index in [1.165, 1.54) is 92.6 Å². The molecule has 0 atom stereocenters.